The topological polar surface area (TPSA) is 49.3 Å². The average molecular weight is 322 g/mol. The molecule has 124 valence electrons. The molecule has 2 aromatic rings. The Kier molecular flexibility index (Phi) is 3.92. The van der Waals surface area contributed by atoms with Gasteiger partial charge in [0.25, 0.3) is 0 Å². The van der Waals surface area contributed by atoms with Crippen molar-refractivity contribution in [2.45, 2.75) is 32.2 Å². The van der Waals surface area contributed by atoms with Gasteiger partial charge in [0.15, 0.2) is 0 Å². The van der Waals surface area contributed by atoms with E-state index < -0.39 is 0 Å². The van der Waals surface area contributed by atoms with E-state index in [4.69, 9.17) is 0 Å². The molecule has 0 saturated carbocycles. The molecule has 5 nitrogen and oxygen atoms in total. The van der Waals surface area contributed by atoms with Crippen molar-refractivity contribution in [1.29, 1.82) is 0 Å². The summed E-state index contributed by atoms with van der Waals surface area (Å²) in [6.07, 6.45) is 6.48. The van der Waals surface area contributed by atoms with E-state index in [2.05, 4.69) is 29.0 Å². The summed E-state index contributed by atoms with van der Waals surface area (Å²) in [6, 6.07) is 9.74. The first-order valence-electron chi connectivity index (χ1n) is 8.67. The van der Waals surface area contributed by atoms with Gasteiger partial charge in [-0.25, -0.2) is 9.97 Å². The highest BCUT2D eigenvalue weighted by Gasteiger charge is 2.39. The van der Waals surface area contributed by atoms with Crippen molar-refractivity contribution < 1.29 is 4.79 Å². The monoisotopic (exact) mass is 322 g/mol. The van der Waals surface area contributed by atoms with Crippen molar-refractivity contribution in [2.24, 2.45) is 5.92 Å². The minimum absolute atomic E-state index is 0.199. The van der Waals surface area contributed by atoms with E-state index >= 15 is 0 Å². The number of amides is 1. The van der Waals surface area contributed by atoms with Gasteiger partial charge in [-0.05, 0) is 36.5 Å². The molecule has 1 aromatic heterocycles. The summed E-state index contributed by atoms with van der Waals surface area (Å²) in [5.74, 6) is 1.38. The molecule has 0 aliphatic carbocycles. The van der Waals surface area contributed by atoms with Crippen LogP contribution in [0.25, 0.3) is 0 Å². The van der Waals surface area contributed by atoms with Crippen LogP contribution in [-0.4, -0.2) is 39.9 Å². The number of benzene rings is 1. The highest BCUT2D eigenvalue weighted by atomic mass is 16.2. The number of likely N-dealkylation sites (tertiary alicyclic amines) is 1. The van der Waals surface area contributed by atoms with Crippen molar-refractivity contribution in [3.8, 4) is 0 Å². The summed E-state index contributed by atoms with van der Waals surface area (Å²) in [5, 5.41) is 0. The zero-order valence-electron chi connectivity index (χ0n) is 13.9. The van der Waals surface area contributed by atoms with Gasteiger partial charge in [-0.1, -0.05) is 25.1 Å². The number of rotatable bonds is 2. The van der Waals surface area contributed by atoms with E-state index in [1.54, 1.807) is 18.5 Å². The number of anilines is 2. The second-order valence-corrected chi connectivity index (χ2v) is 6.80. The molecule has 0 radical (unpaired) electrons. The molecule has 1 aromatic carbocycles. The highest BCUT2D eigenvalue weighted by Crippen LogP contribution is 2.37. The third kappa shape index (κ3) is 2.64. The molecule has 24 heavy (non-hydrogen) atoms. The Morgan fingerprint density at radius 2 is 1.96 bits per heavy atom. The molecule has 0 unspecified atom stereocenters. The zero-order chi connectivity index (χ0) is 16.5. The Morgan fingerprint density at radius 1 is 1.17 bits per heavy atom. The van der Waals surface area contributed by atoms with Crippen LogP contribution in [0.15, 0.2) is 42.7 Å². The number of carbonyl (C=O) groups excluding carboxylic acids is 1. The molecule has 1 amide bonds. The Morgan fingerprint density at radius 3 is 2.75 bits per heavy atom. The fraction of sp³-hybridized carbons (Fsp3) is 0.421. The van der Waals surface area contributed by atoms with E-state index in [-0.39, 0.29) is 11.9 Å². The van der Waals surface area contributed by atoms with Gasteiger partial charge >= 0.3 is 0 Å². The Bertz CT molecular complexity index is 733. The quantitative estimate of drug-likeness (QED) is 0.853. The van der Waals surface area contributed by atoms with Gasteiger partial charge in [-0.2, -0.15) is 0 Å². The van der Waals surface area contributed by atoms with E-state index in [9.17, 15) is 4.79 Å². The van der Waals surface area contributed by atoms with E-state index in [0.29, 0.717) is 11.9 Å². The fourth-order valence-corrected chi connectivity index (χ4v) is 3.85. The molecule has 0 bridgehead atoms. The number of aromatic nitrogens is 2. The van der Waals surface area contributed by atoms with Crippen LogP contribution in [0.5, 0.6) is 0 Å². The van der Waals surface area contributed by atoms with Crippen LogP contribution < -0.4 is 4.90 Å². The molecular formula is C19H22N4O. The maximum Gasteiger partial charge on any atom is 0.246 e. The van der Waals surface area contributed by atoms with Gasteiger partial charge < -0.3 is 4.90 Å². The first-order valence-corrected chi connectivity index (χ1v) is 8.67. The lowest BCUT2D eigenvalue weighted by atomic mass is 9.99. The van der Waals surface area contributed by atoms with Crippen molar-refractivity contribution in [2.75, 3.05) is 18.0 Å². The van der Waals surface area contributed by atoms with Gasteiger partial charge in [-0.3, -0.25) is 9.69 Å². The van der Waals surface area contributed by atoms with Crippen LogP contribution in [0.4, 0.5) is 11.6 Å². The summed E-state index contributed by atoms with van der Waals surface area (Å²) in [7, 11) is 0. The molecule has 1 saturated heterocycles. The maximum atomic E-state index is 13.2. The molecule has 2 aliphatic heterocycles. The largest absolute Gasteiger partial charge is 0.341 e. The maximum absolute atomic E-state index is 13.2. The predicted molar refractivity (Wildman–Crippen MR) is 93.1 cm³/mol. The Labute approximate surface area is 142 Å². The number of piperidine rings is 1. The van der Waals surface area contributed by atoms with E-state index in [1.807, 2.05) is 21.9 Å². The normalized spacial score (nSPS) is 23.2. The predicted octanol–water partition coefficient (Wildman–Crippen LogP) is 2.80. The second kappa shape index (κ2) is 6.23. The van der Waals surface area contributed by atoms with Gasteiger partial charge in [0.2, 0.25) is 11.9 Å². The minimum atomic E-state index is -0.241. The molecule has 2 aliphatic rings. The fourth-order valence-electron chi connectivity index (χ4n) is 3.85. The van der Waals surface area contributed by atoms with E-state index in [0.717, 1.165) is 31.6 Å². The van der Waals surface area contributed by atoms with Crippen LogP contribution in [-0.2, 0) is 11.2 Å². The molecule has 0 N–H and O–H groups in total. The van der Waals surface area contributed by atoms with Crippen LogP contribution in [0, 0.1) is 5.92 Å². The molecular weight excluding hydrogens is 300 g/mol. The number of hydrogen-bond acceptors (Lipinski definition) is 4. The van der Waals surface area contributed by atoms with Crippen molar-refractivity contribution in [1.82, 2.24) is 14.9 Å². The molecule has 5 heteroatoms. The lowest BCUT2D eigenvalue weighted by Crippen LogP contribution is -2.49. The first kappa shape index (κ1) is 15.1. The zero-order valence-corrected chi connectivity index (χ0v) is 13.9. The van der Waals surface area contributed by atoms with Gasteiger partial charge in [0.1, 0.15) is 6.04 Å². The number of fused-ring (bicyclic) bond motifs is 1. The summed E-state index contributed by atoms with van der Waals surface area (Å²) in [4.78, 5) is 26.1. The second-order valence-electron chi connectivity index (χ2n) is 6.80. The molecule has 1 fully saturated rings. The molecule has 3 heterocycles. The lowest BCUT2D eigenvalue weighted by molar-refractivity contribution is -0.134. The Hall–Kier alpha value is -2.43. The number of para-hydroxylation sites is 1. The SMILES string of the molecule is C[C@H]1CCCN(C(=O)[C@@H]2Cc3ccccc3N2c2ncccn2)C1. The third-order valence-corrected chi connectivity index (χ3v) is 5.00. The number of hydrogen-bond donors (Lipinski definition) is 0. The van der Waals surface area contributed by atoms with Crippen LogP contribution >= 0.6 is 0 Å². The number of carbonyl (C=O) groups is 1. The van der Waals surface area contributed by atoms with Gasteiger partial charge in [0, 0.05) is 37.6 Å². The Balaban J connectivity index is 1.68. The molecule has 0 spiro atoms. The smallest absolute Gasteiger partial charge is 0.246 e. The molecule has 2 atom stereocenters. The van der Waals surface area contributed by atoms with Crippen LogP contribution in [0.3, 0.4) is 0 Å². The minimum Gasteiger partial charge on any atom is -0.341 e. The summed E-state index contributed by atoms with van der Waals surface area (Å²) >= 11 is 0. The highest BCUT2D eigenvalue weighted by molar-refractivity contribution is 5.90. The standard InChI is InChI=1S/C19H22N4O/c1-14-6-4-11-22(13-14)18(24)17-12-15-7-2-3-8-16(15)23(17)19-20-9-5-10-21-19/h2-3,5,7-10,14,17H,4,6,11-13H2,1H3/t14-,17-/m0/s1. The summed E-state index contributed by atoms with van der Waals surface area (Å²) in [6.45, 7) is 3.94. The summed E-state index contributed by atoms with van der Waals surface area (Å²) < 4.78 is 0. The van der Waals surface area contributed by atoms with E-state index in [1.165, 1.54) is 12.0 Å². The lowest BCUT2D eigenvalue weighted by Gasteiger charge is -2.35. The van der Waals surface area contributed by atoms with Gasteiger partial charge in [0.05, 0.1) is 0 Å². The van der Waals surface area contributed by atoms with Crippen molar-refractivity contribution in [3.63, 3.8) is 0 Å². The van der Waals surface area contributed by atoms with Crippen molar-refractivity contribution >= 4 is 17.5 Å². The van der Waals surface area contributed by atoms with Crippen LogP contribution in [0.2, 0.25) is 0 Å². The number of nitrogens with zero attached hydrogens (tertiary/aromatic N) is 4. The van der Waals surface area contributed by atoms with Crippen molar-refractivity contribution in [3.05, 3.63) is 48.3 Å². The summed E-state index contributed by atoms with van der Waals surface area (Å²) in [5.41, 5.74) is 2.24. The average Bonchev–Trinajstić information content (AvgIpc) is 3.01. The third-order valence-electron chi connectivity index (χ3n) is 5.00. The molecule has 4 rings (SSSR count). The van der Waals surface area contributed by atoms with Crippen LogP contribution in [0.1, 0.15) is 25.3 Å². The van der Waals surface area contributed by atoms with Gasteiger partial charge in [-0.15, -0.1) is 0 Å². The first-order chi connectivity index (χ1) is 11.7.